The Morgan fingerprint density at radius 1 is 0.810 bits per heavy atom. The summed E-state index contributed by atoms with van der Waals surface area (Å²) >= 11 is 0. The predicted octanol–water partition coefficient (Wildman–Crippen LogP) is 3.55. The van der Waals surface area contributed by atoms with Gasteiger partial charge in [0.2, 0.25) is 10.0 Å². The van der Waals surface area contributed by atoms with Crippen LogP contribution >= 0.6 is 0 Å². The normalized spacial score (nSPS) is 12.2. The van der Waals surface area contributed by atoms with Crippen LogP contribution in [0.3, 0.4) is 0 Å². The second-order valence-electron chi connectivity index (χ2n) is 5.71. The maximum absolute atomic E-state index is 11.8. The van der Waals surface area contributed by atoms with Crippen molar-refractivity contribution in [2.75, 3.05) is 25.4 Å². The summed E-state index contributed by atoms with van der Waals surface area (Å²) < 4.78 is 25.1. The monoisotopic (exact) mass is 321 g/mol. The Morgan fingerprint density at radius 3 is 1.71 bits per heavy atom. The van der Waals surface area contributed by atoms with Gasteiger partial charge in [0.15, 0.2) is 0 Å². The zero-order valence-electron chi connectivity index (χ0n) is 14.0. The molecule has 0 spiro atoms. The van der Waals surface area contributed by atoms with Crippen LogP contribution in [0.25, 0.3) is 0 Å². The van der Waals surface area contributed by atoms with Gasteiger partial charge in [-0.3, -0.25) is 0 Å². The van der Waals surface area contributed by atoms with Crippen molar-refractivity contribution >= 4 is 10.0 Å². The maximum Gasteiger partial charge on any atom is 0.216 e. The Labute approximate surface area is 132 Å². The van der Waals surface area contributed by atoms with Gasteiger partial charge < -0.3 is 5.11 Å². The van der Waals surface area contributed by atoms with Crippen LogP contribution in [0, 0.1) is 0 Å². The summed E-state index contributed by atoms with van der Waals surface area (Å²) in [4.78, 5) is 0. The highest BCUT2D eigenvalue weighted by Gasteiger charge is 2.18. The fraction of sp³-hybridized carbons (Fsp3) is 1.00. The van der Waals surface area contributed by atoms with E-state index in [1.807, 2.05) is 6.92 Å². The molecule has 4 nitrogen and oxygen atoms in total. The van der Waals surface area contributed by atoms with Gasteiger partial charge in [0.25, 0.3) is 0 Å². The average Bonchev–Trinajstić information content (AvgIpc) is 2.44. The molecule has 0 amide bonds. The summed E-state index contributed by atoms with van der Waals surface area (Å²) in [5, 5.41) is 8.79. The molecule has 0 atom stereocenters. The van der Waals surface area contributed by atoms with Crippen LogP contribution < -0.4 is 0 Å². The van der Waals surface area contributed by atoms with Gasteiger partial charge in [-0.1, -0.05) is 71.6 Å². The SMILES string of the molecule is CCCCCCCCCCCCN(CC)S(=O)(=O)CCO. The van der Waals surface area contributed by atoms with Crippen molar-refractivity contribution in [2.45, 2.75) is 78.1 Å². The van der Waals surface area contributed by atoms with Crippen LogP contribution in [-0.2, 0) is 10.0 Å². The van der Waals surface area contributed by atoms with Gasteiger partial charge in [0.05, 0.1) is 12.4 Å². The average molecular weight is 322 g/mol. The van der Waals surface area contributed by atoms with Crippen molar-refractivity contribution in [1.82, 2.24) is 4.31 Å². The minimum absolute atomic E-state index is 0.154. The summed E-state index contributed by atoms with van der Waals surface area (Å²) in [6.07, 6.45) is 12.5. The van der Waals surface area contributed by atoms with E-state index in [-0.39, 0.29) is 12.4 Å². The van der Waals surface area contributed by atoms with E-state index in [1.54, 1.807) is 0 Å². The van der Waals surface area contributed by atoms with Gasteiger partial charge in [-0.05, 0) is 6.42 Å². The molecule has 0 heterocycles. The van der Waals surface area contributed by atoms with Crippen molar-refractivity contribution < 1.29 is 13.5 Å². The number of sulfonamides is 1. The number of hydrogen-bond donors (Lipinski definition) is 1. The highest BCUT2D eigenvalue weighted by atomic mass is 32.2. The second kappa shape index (κ2) is 13.5. The summed E-state index contributed by atoms with van der Waals surface area (Å²) in [5.74, 6) is -0.154. The van der Waals surface area contributed by atoms with E-state index in [9.17, 15) is 8.42 Å². The fourth-order valence-electron chi connectivity index (χ4n) is 2.51. The lowest BCUT2D eigenvalue weighted by Gasteiger charge is -2.19. The third kappa shape index (κ3) is 11.1. The molecule has 0 aliphatic carbocycles. The van der Waals surface area contributed by atoms with Gasteiger partial charge in [-0.2, -0.15) is 0 Å². The molecular formula is C16H35NO3S. The quantitative estimate of drug-likeness (QED) is 0.469. The third-order valence-electron chi connectivity index (χ3n) is 3.86. The molecule has 21 heavy (non-hydrogen) atoms. The van der Waals surface area contributed by atoms with Gasteiger partial charge in [0.1, 0.15) is 0 Å². The highest BCUT2D eigenvalue weighted by Crippen LogP contribution is 2.11. The molecule has 0 aliphatic heterocycles. The lowest BCUT2D eigenvalue weighted by Crippen LogP contribution is -2.34. The van der Waals surface area contributed by atoms with Crippen LogP contribution in [0.15, 0.2) is 0 Å². The van der Waals surface area contributed by atoms with Gasteiger partial charge >= 0.3 is 0 Å². The predicted molar refractivity (Wildman–Crippen MR) is 90.0 cm³/mol. The molecule has 0 saturated carbocycles. The van der Waals surface area contributed by atoms with E-state index in [0.29, 0.717) is 13.1 Å². The van der Waals surface area contributed by atoms with Gasteiger partial charge in [-0.25, -0.2) is 12.7 Å². The molecule has 0 fully saturated rings. The summed E-state index contributed by atoms with van der Waals surface area (Å²) in [5.41, 5.74) is 0. The molecule has 0 rings (SSSR count). The van der Waals surface area contributed by atoms with E-state index in [0.717, 1.165) is 12.8 Å². The van der Waals surface area contributed by atoms with Crippen LogP contribution in [0.4, 0.5) is 0 Å². The topological polar surface area (TPSA) is 57.6 Å². The highest BCUT2D eigenvalue weighted by molar-refractivity contribution is 7.89. The fourth-order valence-corrected chi connectivity index (χ4v) is 3.80. The first kappa shape index (κ1) is 20.9. The van der Waals surface area contributed by atoms with E-state index in [1.165, 1.54) is 55.7 Å². The molecule has 0 saturated heterocycles. The number of unbranched alkanes of at least 4 members (excludes halogenated alkanes) is 9. The van der Waals surface area contributed by atoms with Crippen LogP contribution in [-0.4, -0.2) is 43.3 Å². The van der Waals surface area contributed by atoms with E-state index < -0.39 is 10.0 Å². The summed E-state index contributed by atoms with van der Waals surface area (Å²) in [6.45, 7) is 4.89. The van der Waals surface area contributed by atoms with Gasteiger partial charge in [0, 0.05) is 13.1 Å². The number of aliphatic hydroxyl groups is 1. The zero-order chi connectivity index (χ0) is 16.0. The van der Waals surface area contributed by atoms with Crippen LogP contribution in [0.5, 0.6) is 0 Å². The standard InChI is InChI=1S/C16H35NO3S/c1-3-5-6-7-8-9-10-11-12-13-14-17(4-2)21(19,20)16-15-18/h18H,3-16H2,1-2H3. The molecular weight excluding hydrogens is 286 g/mol. The van der Waals surface area contributed by atoms with Crippen molar-refractivity contribution in [3.63, 3.8) is 0 Å². The van der Waals surface area contributed by atoms with Crippen molar-refractivity contribution in [1.29, 1.82) is 0 Å². The Hall–Kier alpha value is -0.130. The number of aliphatic hydroxyl groups excluding tert-OH is 1. The first-order valence-corrected chi connectivity index (χ1v) is 10.3. The molecule has 0 aliphatic rings. The van der Waals surface area contributed by atoms with Crippen molar-refractivity contribution in [2.24, 2.45) is 0 Å². The molecule has 0 aromatic rings. The van der Waals surface area contributed by atoms with E-state index in [2.05, 4.69) is 6.92 Å². The Bertz CT molecular complexity index is 317. The zero-order valence-corrected chi connectivity index (χ0v) is 14.8. The molecule has 0 bridgehead atoms. The minimum atomic E-state index is -3.25. The lowest BCUT2D eigenvalue weighted by atomic mass is 10.1. The Kier molecular flexibility index (Phi) is 13.4. The number of nitrogens with zero attached hydrogens (tertiary/aromatic N) is 1. The number of hydrogen-bond acceptors (Lipinski definition) is 3. The maximum atomic E-state index is 11.8. The smallest absolute Gasteiger partial charge is 0.216 e. The minimum Gasteiger partial charge on any atom is -0.395 e. The van der Waals surface area contributed by atoms with Crippen molar-refractivity contribution in [3.8, 4) is 0 Å². The summed E-state index contributed by atoms with van der Waals surface area (Å²) in [7, 11) is -3.25. The van der Waals surface area contributed by atoms with E-state index in [4.69, 9.17) is 5.11 Å². The first-order valence-electron chi connectivity index (χ1n) is 8.67. The Balaban J connectivity index is 3.56. The molecule has 128 valence electrons. The summed E-state index contributed by atoms with van der Waals surface area (Å²) in [6, 6.07) is 0. The van der Waals surface area contributed by atoms with E-state index >= 15 is 0 Å². The largest absolute Gasteiger partial charge is 0.395 e. The lowest BCUT2D eigenvalue weighted by molar-refractivity contribution is 0.314. The molecule has 0 aromatic heterocycles. The third-order valence-corrected chi connectivity index (χ3v) is 5.78. The van der Waals surface area contributed by atoms with Crippen LogP contribution in [0.1, 0.15) is 78.1 Å². The number of rotatable bonds is 15. The molecule has 0 aromatic carbocycles. The van der Waals surface area contributed by atoms with Crippen LogP contribution in [0.2, 0.25) is 0 Å². The Morgan fingerprint density at radius 2 is 1.29 bits per heavy atom. The second-order valence-corrected chi connectivity index (χ2v) is 7.80. The van der Waals surface area contributed by atoms with Crippen molar-refractivity contribution in [3.05, 3.63) is 0 Å². The first-order chi connectivity index (χ1) is 10.1. The van der Waals surface area contributed by atoms with Gasteiger partial charge in [-0.15, -0.1) is 0 Å². The molecule has 0 unspecified atom stereocenters. The molecule has 1 N–H and O–H groups in total. The molecule has 5 heteroatoms. The molecule has 0 radical (unpaired) electrons.